The fourth-order valence-electron chi connectivity index (χ4n) is 9.66. The summed E-state index contributed by atoms with van der Waals surface area (Å²) in [5, 5.41) is 61.5. The molecule has 56 heavy (non-hydrogen) atoms. The molecule has 1 fully saturated rings. The SMILES string of the molecule is CNCc1cc(OC)c(OC)c2c1[C@H]1[C@H]3Cc4cccc(c4)Cc4ccc(O)cc4-c4cc5c(c(c4[C@@H]1O2)O3)N[C@H]1C=C[C@@]2(C(=O)O)O[C@@]1(O5)[C@H](O)[C@@H](O)[C@@H]2O. The van der Waals surface area contributed by atoms with Gasteiger partial charge in [-0.3, -0.25) is 0 Å². The number of aromatic hydroxyl groups is 1. The van der Waals surface area contributed by atoms with E-state index in [4.69, 9.17) is 28.4 Å². The van der Waals surface area contributed by atoms with Crippen LogP contribution in [-0.2, 0) is 28.9 Å². The van der Waals surface area contributed by atoms with Gasteiger partial charge in [-0.05, 0) is 77.2 Å². The van der Waals surface area contributed by atoms with E-state index in [2.05, 4.69) is 28.8 Å². The lowest BCUT2D eigenvalue weighted by Crippen LogP contribution is -2.79. The highest BCUT2D eigenvalue weighted by Crippen LogP contribution is 2.64. The maximum Gasteiger partial charge on any atom is 0.343 e. The molecule has 1 aliphatic carbocycles. The summed E-state index contributed by atoms with van der Waals surface area (Å²) in [5.74, 6) is -2.07. The number of hydrogen-bond acceptors (Lipinski definition) is 13. The quantitative estimate of drug-likeness (QED) is 0.146. The van der Waals surface area contributed by atoms with Crippen LogP contribution in [0.25, 0.3) is 11.1 Å². The van der Waals surface area contributed by atoms with Gasteiger partial charge in [0, 0.05) is 24.1 Å². The third kappa shape index (κ3) is 4.64. The van der Waals surface area contributed by atoms with Gasteiger partial charge >= 0.3 is 5.97 Å². The second kappa shape index (κ2) is 12.2. The first-order valence-corrected chi connectivity index (χ1v) is 18.5. The van der Waals surface area contributed by atoms with E-state index >= 15 is 0 Å². The highest BCUT2D eigenvalue weighted by atomic mass is 16.7. The Bertz CT molecular complexity index is 2360. The van der Waals surface area contributed by atoms with Crippen molar-refractivity contribution in [2.75, 3.05) is 26.6 Å². The van der Waals surface area contributed by atoms with Gasteiger partial charge in [0.15, 0.2) is 29.1 Å². The van der Waals surface area contributed by atoms with Crippen molar-refractivity contribution in [2.24, 2.45) is 0 Å². The summed E-state index contributed by atoms with van der Waals surface area (Å²) in [6, 6.07) is 16.2. The maximum absolute atomic E-state index is 12.6. The van der Waals surface area contributed by atoms with Crippen LogP contribution in [0.1, 0.15) is 45.4 Å². The summed E-state index contributed by atoms with van der Waals surface area (Å²) in [4.78, 5) is 12.6. The van der Waals surface area contributed by atoms with Crippen LogP contribution in [0.3, 0.4) is 0 Å². The fraction of sp³-hybridized carbons (Fsp3) is 0.357. The van der Waals surface area contributed by atoms with Crippen LogP contribution in [0.15, 0.2) is 66.7 Å². The molecule has 0 amide bonds. The maximum atomic E-state index is 12.6. The average Bonchev–Trinajstić information content (AvgIpc) is 3.60. The Morgan fingerprint density at radius 1 is 0.964 bits per heavy atom. The van der Waals surface area contributed by atoms with Crippen molar-refractivity contribution in [2.45, 2.75) is 73.3 Å². The lowest BCUT2D eigenvalue weighted by Gasteiger charge is -2.57. The minimum atomic E-state index is -2.41. The summed E-state index contributed by atoms with van der Waals surface area (Å²) < 4.78 is 38.8. The third-order valence-electron chi connectivity index (χ3n) is 12.2. The molecule has 4 aromatic carbocycles. The molecule has 7 aliphatic rings. The number of aliphatic hydroxyl groups excluding tert-OH is 3. The minimum Gasteiger partial charge on any atom is -0.508 e. The molecule has 14 nitrogen and oxygen atoms in total. The van der Waals surface area contributed by atoms with E-state index in [1.165, 1.54) is 6.08 Å². The number of carbonyl (C=O) groups is 1. The molecule has 14 heteroatoms. The first-order chi connectivity index (χ1) is 27.0. The molecular formula is C42H40N2O12. The number of aliphatic carboxylic acids is 1. The van der Waals surface area contributed by atoms with Gasteiger partial charge in [0.25, 0.3) is 5.79 Å². The average molecular weight is 765 g/mol. The van der Waals surface area contributed by atoms with Gasteiger partial charge in [-0.15, -0.1) is 0 Å². The molecule has 6 heterocycles. The van der Waals surface area contributed by atoms with Crippen molar-refractivity contribution >= 4 is 11.7 Å². The van der Waals surface area contributed by atoms with Crippen LogP contribution in [0.5, 0.6) is 34.5 Å². The number of carboxylic acid groups (broad SMARTS) is 1. The molecule has 0 saturated carbocycles. The molecule has 0 radical (unpaired) electrons. The van der Waals surface area contributed by atoms with Crippen LogP contribution in [0.2, 0.25) is 0 Å². The number of benzene rings is 4. The number of phenols is 1. The Morgan fingerprint density at radius 2 is 1.79 bits per heavy atom. The number of aliphatic hydroxyl groups is 3. The Balaban J connectivity index is 1.26. The highest BCUT2D eigenvalue weighted by molar-refractivity contribution is 5.87. The van der Waals surface area contributed by atoms with Gasteiger partial charge in [0.2, 0.25) is 11.4 Å². The van der Waals surface area contributed by atoms with Gasteiger partial charge in [0.05, 0.1) is 20.1 Å². The van der Waals surface area contributed by atoms with E-state index in [0.29, 0.717) is 64.8 Å². The number of anilines is 1. The predicted octanol–water partition coefficient (Wildman–Crippen LogP) is 3.30. The molecule has 11 rings (SSSR count). The first kappa shape index (κ1) is 34.9. The van der Waals surface area contributed by atoms with Crippen LogP contribution in [0.4, 0.5) is 5.69 Å². The molecule has 290 valence electrons. The first-order valence-electron chi connectivity index (χ1n) is 18.5. The van der Waals surface area contributed by atoms with Gasteiger partial charge in [-0.1, -0.05) is 36.4 Å². The predicted molar refractivity (Wildman–Crippen MR) is 199 cm³/mol. The lowest BCUT2D eigenvalue weighted by atomic mass is 9.75. The van der Waals surface area contributed by atoms with E-state index in [-0.39, 0.29) is 17.4 Å². The summed E-state index contributed by atoms with van der Waals surface area (Å²) >= 11 is 0. The number of methoxy groups -OCH3 is 2. The van der Waals surface area contributed by atoms with E-state index in [1.54, 1.807) is 32.4 Å². The zero-order valence-electron chi connectivity index (χ0n) is 30.6. The molecule has 0 aromatic heterocycles. The number of carboxylic acids is 1. The molecular weight excluding hydrogens is 724 g/mol. The summed E-state index contributed by atoms with van der Waals surface area (Å²) in [6.07, 6.45) is -3.34. The second-order valence-corrected chi connectivity index (χ2v) is 15.2. The third-order valence-corrected chi connectivity index (χ3v) is 12.2. The Kier molecular flexibility index (Phi) is 7.64. The van der Waals surface area contributed by atoms with Crippen molar-refractivity contribution in [3.8, 4) is 45.6 Å². The molecule has 8 bridgehead atoms. The zero-order chi connectivity index (χ0) is 38.8. The molecule has 6 aliphatic heterocycles. The zero-order valence-corrected chi connectivity index (χ0v) is 30.6. The van der Waals surface area contributed by atoms with Crippen molar-refractivity contribution in [3.63, 3.8) is 0 Å². The number of phenolic OH excluding ortho intramolecular Hbond substituents is 1. The Labute approximate surface area is 320 Å². The summed E-state index contributed by atoms with van der Waals surface area (Å²) in [7, 11) is 5.03. The highest BCUT2D eigenvalue weighted by Gasteiger charge is 2.70. The summed E-state index contributed by atoms with van der Waals surface area (Å²) in [6.45, 7) is 0.504. The lowest BCUT2D eigenvalue weighted by molar-refractivity contribution is -0.356. The van der Waals surface area contributed by atoms with Crippen LogP contribution in [-0.4, -0.2) is 94.6 Å². The Hall–Kier alpha value is -5.51. The number of ether oxygens (including phenoxy) is 6. The summed E-state index contributed by atoms with van der Waals surface area (Å²) in [5.41, 5.74) is 4.73. The van der Waals surface area contributed by atoms with Gasteiger partial charge in [-0.25, -0.2) is 4.79 Å². The standard InChI is InChI=1S/C42H40N2O12/c1-43-17-21-14-27(51-2)34(52-3)37-29(21)31-25-13-19-6-4-5-18(11-19)12-20-7-8-22(45)15-23(20)24-16-26-32(36(53-25)30(24)35(31)54-37)44-28-9-10-41(40(49)50)38(47)33(46)39(48)42(28,55-26)56-41/h4-11,14-16,25,28,31,33,35,38-39,43-48H,12-13,17H2,1-3H3,(H,49,50)/t25-,28+,31-,33+,35+,38+,39-,41-,42-/m1/s1. The molecule has 1 spiro atoms. The smallest absolute Gasteiger partial charge is 0.343 e. The Morgan fingerprint density at radius 3 is 2.55 bits per heavy atom. The number of rotatable bonds is 5. The van der Waals surface area contributed by atoms with E-state index < -0.39 is 53.9 Å². The van der Waals surface area contributed by atoms with E-state index in [1.807, 2.05) is 25.2 Å². The van der Waals surface area contributed by atoms with E-state index in [0.717, 1.165) is 33.9 Å². The van der Waals surface area contributed by atoms with Gasteiger partial charge in [0.1, 0.15) is 41.9 Å². The molecule has 0 unspecified atom stereocenters. The minimum absolute atomic E-state index is 0.0186. The number of hydrogen-bond donors (Lipinski definition) is 7. The van der Waals surface area contributed by atoms with Gasteiger partial charge in [-0.2, -0.15) is 0 Å². The molecule has 9 atom stereocenters. The molecule has 7 N–H and O–H groups in total. The largest absolute Gasteiger partial charge is 0.508 e. The van der Waals surface area contributed by atoms with Crippen LogP contribution in [0, 0.1) is 0 Å². The number of nitrogens with one attached hydrogen (secondary N) is 2. The number of fused-ring (bicyclic) bond motifs is 3. The second-order valence-electron chi connectivity index (χ2n) is 15.2. The van der Waals surface area contributed by atoms with Crippen molar-refractivity contribution in [3.05, 3.63) is 100 Å². The van der Waals surface area contributed by atoms with Crippen molar-refractivity contribution in [1.29, 1.82) is 0 Å². The molecule has 4 aromatic rings. The normalized spacial score (nSPS) is 30.9. The fourth-order valence-corrected chi connectivity index (χ4v) is 9.66. The van der Waals surface area contributed by atoms with E-state index in [9.17, 15) is 30.3 Å². The van der Waals surface area contributed by atoms with Gasteiger partial charge < -0.3 is 64.6 Å². The van der Waals surface area contributed by atoms with Crippen molar-refractivity contribution < 1.29 is 58.7 Å². The molecule has 1 saturated heterocycles. The topological polar surface area (TPSA) is 198 Å². The van der Waals surface area contributed by atoms with Crippen LogP contribution >= 0.6 is 0 Å². The monoisotopic (exact) mass is 764 g/mol. The van der Waals surface area contributed by atoms with Crippen LogP contribution < -0.4 is 34.3 Å². The van der Waals surface area contributed by atoms with Crippen molar-refractivity contribution in [1.82, 2.24) is 5.32 Å².